The van der Waals surface area contributed by atoms with Crippen molar-refractivity contribution in [2.24, 2.45) is 4.99 Å². The third kappa shape index (κ3) is 4.70. The summed E-state index contributed by atoms with van der Waals surface area (Å²) in [7, 11) is 0. The van der Waals surface area contributed by atoms with Crippen LogP contribution >= 0.6 is 47.8 Å². The number of nitrogens with zero attached hydrogens (tertiary/aromatic N) is 2. The average Bonchev–Trinajstić information content (AvgIpc) is 2.88. The molecule has 27 heavy (non-hydrogen) atoms. The first-order valence-electron chi connectivity index (χ1n) is 8.49. The number of amidine groups is 1. The second-order valence-corrected chi connectivity index (χ2v) is 8.12. The van der Waals surface area contributed by atoms with Gasteiger partial charge in [0.15, 0.2) is 0 Å². The monoisotopic (exact) mass is 448 g/mol. The largest absolute Gasteiger partial charge is 0.396 e. The van der Waals surface area contributed by atoms with E-state index >= 15 is 0 Å². The first kappa shape index (κ1) is 22.3. The van der Waals surface area contributed by atoms with Crippen LogP contribution in [0, 0.1) is 6.92 Å². The van der Waals surface area contributed by atoms with E-state index in [0.29, 0.717) is 5.02 Å². The maximum Gasteiger partial charge on any atom is 0.139 e. The number of hydrogen-bond acceptors (Lipinski definition) is 6. The van der Waals surface area contributed by atoms with Crippen LogP contribution in [0.15, 0.2) is 29.3 Å². The minimum absolute atomic E-state index is 0. The Labute approximate surface area is 180 Å². The summed E-state index contributed by atoms with van der Waals surface area (Å²) in [4.78, 5) is 8.56. The second kappa shape index (κ2) is 9.45. The molecule has 0 aliphatic carbocycles. The number of piperazine rings is 1. The fraction of sp³-hybridized carbons (Fsp3) is 0.389. The van der Waals surface area contributed by atoms with E-state index in [4.69, 9.17) is 16.6 Å². The molecule has 0 bridgehead atoms. The maximum absolute atomic E-state index is 9.27. The van der Waals surface area contributed by atoms with Crippen molar-refractivity contribution >= 4 is 70.0 Å². The quantitative estimate of drug-likeness (QED) is 0.638. The van der Waals surface area contributed by atoms with E-state index in [2.05, 4.69) is 28.5 Å². The van der Waals surface area contributed by atoms with Gasteiger partial charge in [-0.15, -0.1) is 36.2 Å². The Balaban J connectivity index is 0.00000131. The van der Waals surface area contributed by atoms with Gasteiger partial charge in [-0.1, -0.05) is 11.6 Å². The molecule has 4 rings (SSSR count). The molecule has 148 valence electrons. The van der Waals surface area contributed by atoms with Crippen LogP contribution in [0.2, 0.25) is 5.02 Å². The zero-order valence-electron chi connectivity index (χ0n) is 14.9. The smallest absolute Gasteiger partial charge is 0.139 e. The summed E-state index contributed by atoms with van der Waals surface area (Å²) in [5.74, 6) is 0.984. The van der Waals surface area contributed by atoms with Gasteiger partial charge in [0.05, 0.1) is 16.9 Å². The number of thiophene rings is 1. The molecule has 9 heteroatoms. The van der Waals surface area contributed by atoms with Crippen molar-refractivity contribution in [1.29, 1.82) is 0 Å². The minimum atomic E-state index is 0. The fourth-order valence-electron chi connectivity index (χ4n) is 3.38. The van der Waals surface area contributed by atoms with Gasteiger partial charge in [-0.3, -0.25) is 0 Å². The van der Waals surface area contributed by atoms with Crippen LogP contribution in [0.5, 0.6) is 0 Å². The highest BCUT2D eigenvalue weighted by molar-refractivity contribution is 7.16. The lowest BCUT2D eigenvalue weighted by atomic mass is 10.1. The molecule has 1 fully saturated rings. The van der Waals surface area contributed by atoms with Crippen molar-refractivity contribution in [1.82, 2.24) is 10.2 Å². The molecule has 5 nitrogen and oxygen atoms in total. The zero-order valence-corrected chi connectivity index (χ0v) is 18.1. The van der Waals surface area contributed by atoms with Crippen LogP contribution in [-0.2, 0) is 0 Å². The number of aliphatic hydroxyl groups excluding tert-OH is 1. The molecule has 0 amide bonds. The number of nitrogens with one attached hydrogen (secondary N) is 2. The first-order chi connectivity index (χ1) is 12.1. The Bertz CT molecular complexity index is 825. The maximum atomic E-state index is 9.27. The van der Waals surface area contributed by atoms with Crippen molar-refractivity contribution in [3.8, 4) is 0 Å². The normalized spacial score (nSPS) is 18.1. The number of benzene rings is 1. The van der Waals surface area contributed by atoms with E-state index in [1.165, 1.54) is 4.88 Å². The molecule has 1 saturated heterocycles. The van der Waals surface area contributed by atoms with E-state index in [0.717, 1.165) is 53.8 Å². The Hall–Kier alpha value is -1.02. The number of anilines is 2. The summed E-state index contributed by atoms with van der Waals surface area (Å²) in [6, 6.07) is 8.24. The van der Waals surface area contributed by atoms with Gasteiger partial charge in [-0.05, 0) is 37.6 Å². The molecule has 0 saturated carbocycles. The summed E-state index contributed by atoms with van der Waals surface area (Å²) in [5, 5.41) is 18.1. The van der Waals surface area contributed by atoms with Gasteiger partial charge in [0.25, 0.3) is 0 Å². The van der Waals surface area contributed by atoms with E-state index in [9.17, 15) is 5.11 Å². The van der Waals surface area contributed by atoms with Gasteiger partial charge in [-0.2, -0.15) is 0 Å². The van der Waals surface area contributed by atoms with Crippen molar-refractivity contribution in [3.05, 3.63) is 39.7 Å². The molecule has 3 heterocycles. The van der Waals surface area contributed by atoms with Gasteiger partial charge < -0.3 is 20.6 Å². The second-order valence-electron chi connectivity index (χ2n) is 6.43. The van der Waals surface area contributed by atoms with Gasteiger partial charge in [0.1, 0.15) is 10.8 Å². The lowest BCUT2D eigenvalue weighted by molar-refractivity contribution is 0.223. The van der Waals surface area contributed by atoms with Crippen LogP contribution in [-0.4, -0.2) is 48.1 Å². The number of aryl methyl sites for hydroxylation is 1. The van der Waals surface area contributed by atoms with Crippen molar-refractivity contribution in [2.45, 2.75) is 19.4 Å². The van der Waals surface area contributed by atoms with Crippen LogP contribution in [0.3, 0.4) is 0 Å². The SMILES string of the molecule is Cc1cc2c(s1)Nc1ccc(Cl)cc1N=C2N1CCN[C@@H](CCO)C1.Cl.Cl. The Morgan fingerprint density at radius 1 is 1.33 bits per heavy atom. The van der Waals surface area contributed by atoms with Crippen LogP contribution in [0.25, 0.3) is 0 Å². The Kier molecular flexibility index (Phi) is 7.80. The van der Waals surface area contributed by atoms with Gasteiger partial charge in [-0.25, -0.2) is 4.99 Å². The molecule has 1 atom stereocenters. The van der Waals surface area contributed by atoms with E-state index < -0.39 is 0 Å². The average molecular weight is 450 g/mol. The third-order valence-corrected chi connectivity index (χ3v) is 5.76. The number of fused-ring (bicyclic) bond motifs is 2. The molecule has 2 aliphatic rings. The summed E-state index contributed by atoms with van der Waals surface area (Å²) in [5.41, 5.74) is 2.98. The van der Waals surface area contributed by atoms with E-state index in [-0.39, 0.29) is 37.5 Å². The van der Waals surface area contributed by atoms with Gasteiger partial charge in [0, 0.05) is 42.2 Å². The minimum Gasteiger partial charge on any atom is -0.396 e. The molecule has 0 spiro atoms. The molecule has 2 aromatic rings. The Morgan fingerprint density at radius 3 is 2.93 bits per heavy atom. The Morgan fingerprint density at radius 2 is 2.15 bits per heavy atom. The number of rotatable bonds is 2. The lowest BCUT2D eigenvalue weighted by Gasteiger charge is -2.35. The zero-order chi connectivity index (χ0) is 17.4. The van der Waals surface area contributed by atoms with E-state index in [1.54, 1.807) is 11.3 Å². The fourth-order valence-corrected chi connectivity index (χ4v) is 4.47. The highest BCUT2D eigenvalue weighted by Gasteiger charge is 2.27. The summed E-state index contributed by atoms with van der Waals surface area (Å²) >= 11 is 7.94. The third-order valence-electron chi connectivity index (χ3n) is 4.56. The van der Waals surface area contributed by atoms with E-state index in [1.807, 2.05) is 18.2 Å². The van der Waals surface area contributed by atoms with Crippen molar-refractivity contribution in [2.75, 3.05) is 31.6 Å². The van der Waals surface area contributed by atoms with Gasteiger partial charge >= 0.3 is 0 Å². The molecule has 0 unspecified atom stereocenters. The van der Waals surface area contributed by atoms with Crippen LogP contribution in [0.4, 0.5) is 16.4 Å². The molecule has 1 aromatic carbocycles. The molecule has 2 aliphatic heterocycles. The van der Waals surface area contributed by atoms with Crippen LogP contribution in [0.1, 0.15) is 16.9 Å². The van der Waals surface area contributed by atoms with Gasteiger partial charge in [0.2, 0.25) is 0 Å². The number of hydrogen-bond donors (Lipinski definition) is 3. The van der Waals surface area contributed by atoms with Crippen molar-refractivity contribution < 1.29 is 5.11 Å². The summed E-state index contributed by atoms with van der Waals surface area (Å²) in [6.07, 6.45) is 0.750. The number of aliphatic hydroxyl groups is 1. The first-order valence-corrected chi connectivity index (χ1v) is 9.69. The van der Waals surface area contributed by atoms with Crippen LogP contribution < -0.4 is 10.6 Å². The predicted molar refractivity (Wildman–Crippen MR) is 120 cm³/mol. The number of aliphatic imine (C=N–C) groups is 1. The molecule has 0 radical (unpaired) electrons. The topological polar surface area (TPSA) is 59.9 Å². The standard InChI is InChI=1S/C18H21ClN4OS.2ClH/c1-11-8-14-17(23-6-5-20-13(10-23)4-7-24)21-16-9-12(19)2-3-15(16)22-18(14)25-11;;/h2-3,8-9,13,20,22,24H,4-7,10H2,1H3;2*1H/t13-;;/m0../s1. The predicted octanol–water partition coefficient (Wildman–Crippen LogP) is 4.35. The highest BCUT2D eigenvalue weighted by atomic mass is 35.5. The summed E-state index contributed by atoms with van der Waals surface area (Å²) < 4.78 is 0. The molecule has 3 N–H and O–H groups in total. The molecular formula is C18H23Cl3N4OS. The molecular weight excluding hydrogens is 427 g/mol. The van der Waals surface area contributed by atoms with Crippen molar-refractivity contribution in [3.63, 3.8) is 0 Å². The summed E-state index contributed by atoms with van der Waals surface area (Å²) in [6.45, 7) is 4.93. The molecule has 1 aromatic heterocycles. The number of halogens is 3. The lowest BCUT2D eigenvalue weighted by Crippen LogP contribution is -2.53. The highest BCUT2D eigenvalue weighted by Crippen LogP contribution is 2.40.